The van der Waals surface area contributed by atoms with Crippen LogP contribution in [0.4, 0.5) is 5.13 Å². The minimum absolute atomic E-state index is 0.0918. The van der Waals surface area contributed by atoms with Gasteiger partial charge in [-0.05, 0) is 32.8 Å². The number of carbonyl (C=O) groups is 1. The molecule has 1 unspecified atom stereocenters. The Morgan fingerprint density at radius 2 is 2.27 bits per heavy atom. The third-order valence-electron chi connectivity index (χ3n) is 3.98. The van der Waals surface area contributed by atoms with E-state index < -0.39 is 0 Å². The van der Waals surface area contributed by atoms with Gasteiger partial charge in [0.25, 0.3) is 5.91 Å². The van der Waals surface area contributed by atoms with Crippen LogP contribution in [0.2, 0.25) is 0 Å². The summed E-state index contributed by atoms with van der Waals surface area (Å²) in [6, 6.07) is 1.97. The van der Waals surface area contributed by atoms with E-state index in [4.69, 9.17) is 0 Å². The second-order valence-electron chi connectivity index (χ2n) is 5.82. The first kappa shape index (κ1) is 15.0. The summed E-state index contributed by atoms with van der Waals surface area (Å²) in [5, 5.41) is 10.4. The van der Waals surface area contributed by atoms with Crippen LogP contribution in [-0.2, 0) is 7.05 Å². The molecule has 6 nitrogen and oxygen atoms in total. The number of hydrogen-bond donors (Lipinski definition) is 1. The van der Waals surface area contributed by atoms with Crippen molar-refractivity contribution in [2.45, 2.75) is 32.7 Å². The molecule has 118 valence electrons. The Hall–Kier alpha value is -1.89. The number of carbonyl (C=O) groups excluding carboxylic acids is 1. The average molecular weight is 319 g/mol. The summed E-state index contributed by atoms with van der Waals surface area (Å²) in [6.07, 6.45) is 2.06. The number of anilines is 1. The van der Waals surface area contributed by atoms with Gasteiger partial charge < -0.3 is 10.2 Å². The fourth-order valence-corrected chi connectivity index (χ4v) is 3.53. The Labute approximate surface area is 134 Å². The van der Waals surface area contributed by atoms with Gasteiger partial charge in [0.1, 0.15) is 5.69 Å². The van der Waals surface area contributed by atoms with E-state index in [0.717, 1.165) is 42.5 Å². The van der Waals surface area contributed by atoms with E-state index in [0.29, 0.717) is 5.69 Å². The Balaban J connectivity index is 1.64. The molecule has 0 aromatic carbocycles. The molecule has 2 aromatic heterocycles. The Kier molecular flexibility index (Phi) is 4.15. The van der Waals surface area contributed by atoms with Crippen molar-refractivity contribution in [2.75, 3.05) is 18.0 Å². The molecule has 1 aliphatic rings. The van der Waals surface area contributed by atoms with Crippen molar-refractivity contribution in [3.63, 3.8) is 0 Å². The molecule has 1 fully saturated rings. The van der Waals surface area contributed by atoms with Crippen LogP contribution in [0.3, 0.4) is 0 Å². The van der Waals surface area contributed by atoms with Crippen LogP contribution in [0.15, 0.2) is 11.4 Å². The molecular formula is C15H21N5OS. The summed E-state index contributed by atoms with van der Waals surface area (Å²) in [5.74, 6) is -0.0918. The first-order chi connectivity index (χ1) is 10.5. The van der Waals surface area contributed by atoms with E-state index in [1.54, 1.807) is 16.0 Å². The smallest absolute Gasteiger partial charge is 0.272 e. The SMILES string of the molecule is Cc1csc(N2CCCC(NC(=O)c3cc(C)n(C)n3)C2)n1. The molecule has 3 heterocycles. The van der Waals surface area contributed by atoms with Crippen LogP contribution in [0.1, 0.15) is 34.7 Å². The zero-order valence-electron chi connectivity index (χ0n) is 13.2. The van der Waals surface area contributed by atoms with Crippen LogP contribution < -0.4 is 10.2 Å². The topological polar surface area (TPSA) is 63.1 Å². The summed E-state index contributed by atoms with van der Waals surface area (Å²) in [7, 11) is 1.85. The first-order valence-corrected chi connectivity index (χ1v) is 8.39. The summed E-state index contributed by atoms with van der Waals surface area (Å²) < 4.78 is 1.72. The van der Waals surface area contributed by atoms with Crippen LogP contribution in [0.25, 0.3) is 0 Å². The normalized spacial score (nSPS) is 18.5. The quantitative estimate of drug-likeness (QED) is 0.938. The van der Waals surface area contributed by atoms with Crippen LogP contribution >= 0.6 is 11.3 Å². The molecule has 22 heavy (non-hydrogen) atoms. The fourth-order valence-electron chi connectivity index (χ4n) is 2.69. The van der Waals surface area contributed by atoms with Crippen molar-refractivity contribution >= 4 is 22.4 Å². The monoisotopic (exact) mass is 319 g/mol. The zero-order valence-corrected chi connectivity index (χ0v) is 14.0. The predicted octanol–water partition coefficient (Wildman–Crippen LogP) is 1.89. The van der Waals surface area contributed by atoms with E-state index in [1.165, 1.54) is 0 Å². The predicted molar refractivity (Wildman–Crippen MR) is 87.5 cm³/mol. The molecule has 0 bridgehead atoms. The molecule has 1 aliphatic heterocycles. The molecule has 1 amide bonds. The molecule has 1 N–H and O–H groups in total. The number of thiazole rings is 1. The number of nitrogens with zero attached hydrogens (tertiary/aromatic N) is 4. The van der Waals surface area contributed by atoms with Crippen LogP contribution in [0, 0.1) is 13.8 Å². The third kappa shape index (κ3) is 3.14. The van der Waals surface area contributed by atoms with Gasteiger partial charge in [-0.25, -0.2) is 4.98 Å². The summed E-state index contributed by atoms with van der Waals surface area (Å²) in [5.41, 5.74) is 2.52. The van der Waals surface area contributed by atoms with Crippen molar-refractivity contribution in [3.8, 4) is 0 Å². The lowest BCUT2D eigenvalue weighted by Crippen LogP contribution is -2.48. The number of aromatic nitrogens is 3. The van der Waals surface area contributed by atoms with Gasteiger partial charge in [-0.15, -0.1) is 11.3 Å². The summed E-state index contributed by atoms with van der Waals surface area (Å²) in [4.78, 5) is 19.1. The maximum absolute atomic E-state index is 12.3. The average Bonchev–Trinajstić information content (AvgIpc) is 3.06. The Bertz CT molecular complexity index is 658. The molecule has 0 saturated carbocycles. The van der Waals surface area contributed by atoms with Crippen LogP contribution in [-0.4, -0.2) is 39.8 Å². The van der Waals surface area contributed by atoms with Gasteiger partial charge in [0.15, 0.2) is 5.13 Å². The highest BCUT2D eigenvalue weighted by Gasteiger charge is 2.24. The molecule has 0 spiro atoms. The van der Waals surface area contributed by atoms with Gasteiger partial charge in [-0.3, -0.25) is 9.48 Å². The van der Waals surface area contributed by atoms with Crippen molar-refractivity contribution in [1.82, 2.24) is 20.1 Å². The number of amides is 1. The highest BCUT2D eigenvalue weighted by atomic mass is 32.1. The number of rotatable bonds is 3. The molecule has 1 saturated heterocycles. The number of piperidine rings is 1. The Morgan fingerprint density at radius 3 is 2.91 bits per heavy atom. The van der Waals surface area contributed by atoms with Crippen LogP contribution in [0.5, 0.6) is 0 Å². The number of aryl methyl sites for hydroxylation is 3. The fraction of sp³-hybridized carbons (Fsp3) is 0.533. The second kappa shape index (κ2) is 6.08. The lowest BCUT2D eigenvalue weighted by molar-refractivity contribution is 0.0927. The second-order valence-corrected chi connectivity index (χ2v) is 6.66. The molecular weight excluding hydrogens is 298 g/mol. The van der Waals surface area contributed by atoms with Gasteiger partial charge in [0.05, 0.1) is 5.69 Å². The van der Waals surface area contributed by atoms with E-state index in [2.05, 4.69) is 25.7 Å². The third-order valence-corrected chi connectivity index (χ3v) is 5.00. The van der Waals surface area contributed by atoms with Gasteiger partial charge in [0, 0.05) is 37.3 Å². The lowest BCUT2D eigenvalue weighted by atomic mass is 10.1. The Morgan fingerprint density at radius 1 is 1.45 bits per heavy atom. The van der Waals surface area contributed by atoms with E-state index in [9.17, 15) is 4.79 Å². The summed E-state index contributed by atoms with van der Waals surface area (Å²) in [6.45, 7) is 5.76. The van der Waals surface area contributed by atoms with Crippen molar-refractivity contribution < 1.29 is 4.79 Å². The molecule has 2 aromatic rings. The van der Waals surface area contributed by atoms with Crippen molar-refractivity contribution in [3.05, 3.63) is 28.5 Å². The molecule has 1 atom stereocenters. The number of hydrogen-bond acceptors (Lipinski definition) is 5. The largest absolute Gasteiger partial charge is 0.346 e. The highest BCUT2D eigenvalue weighted by molar-refractivity contribution is 7.13. The molecule has 0 radical (unpaired) electrons. The zero-order chi connectivity index (χ0) is 15.7. The van der Waals surface area contributed by atoms with E-state index in [-0.39, 0.29) is 11.9 Å². The van der Waals surface area contributed by atoms with Gasteiger partial charge in [-0.1, -0.05) is 0 Å². The molecule has 7 heteroatoms. The van der Waals surface area contributed by atoms with Gasteiger partial charge in [-0.2, -0.15) is 5.10 Å². The van der Waals surface area contributed by atoms with E-state index in [1.807, 2.05) is 27.0 Å². The van der Waals surface area contributed by atoms with Gasteiger partial charge in [0.2, 0.25) is 0 Å². The molecule has 3 rings (SSSR count). The van der Waals surface area contributed by atoms with Gasteiger partial charge >= 0.3 is 0 Å². The maximum atomic E-state index is 12.3. The minimum atomic E-state index is -0.0918. The van der Waals surface area contributed by atoms with Crippen molar-refractivity contribution in [1.29, 1.82) is 0 Å². The standard InChI is InChI=1S/C15H21N5OS/c1-10-9-22-15(16-10)20-6-4-5-12(8-20)17-14(21)13-7-11(2)19(3)18-13/h7,9,12H,4-6,8H2,1-3H3,(H,17,21). The number of nitrogens with one attached hydrogen (secondary N) is 1. The molecule has 0 aliphatic carbocycles. The first-order valence-electron chi connectivity index (χ1n) is 7.51. The highest BCUT2D eigenvalue weighted by Crippen LogP contribution is 2.23. The minimum Gasteiger partial charge on any atom is -0.346 e. The van der Waals surface area contributed by atoms with E-state index >= 15 is 0 Å². The lowest BCUT2D eigenvalue weighted by Gasteiger charge is -2.32. The maximum Gasteiger partial charge on any atom is 0.272 e. The summed E-state index contributed by atoms with van der Waals surface area (Å²) >= 11 is 1.67. The van der Waals surface area contributed by atoms with Crippen molar-refractivity contribution in [2.24, 2.45) is 7.05 Å².